The van der Waals surface area contributed by atoms with Gasteiger partial charge in [0.2, 0.25) is 5.91 Å². The van der Waals surface area contributed by atoms with E-state index in [9.17, 15) is 19.5 Å². The normalized spacial score (nSPS) is 15.6. The first-order valence-corrected chi connectivity index (χ1v) is 8.65. The van der Waals surface area contributed by atoms with E-state index in [0.29, 0.717) is 11.3 Å². The Balaban J connectivity index is 1.69. The molecule has 1 heterocycles. The molecule has 132 valence electrons. The van der Waals surface area contributed by atoms with Crippen LogP contribution < -0.4 is 5.32 Å². The Labute approximate surface area is 154 Å². The summed E-state index contributed by atoms with van der Waals surface area (Å²) in [7, 11) is 0. The van der Waals surface area contributed by atoms with Gasteiger partial charge < -0.3 is 10.4 Å². The summed E-state index contributed by atoms with van der Waals surface area (Å²) in [6, 6.07) is 13.5. The van der Waals surface area contributed by atoms with E-state index in [2.05, 4.69) is 5.32 Å². The quantitative estimate of drug-likeness (QED) is 0.808. The average Bonchev–Trinajstić information content (AvgIpc) is 2.84. The fraction of sp³-hybridized carbons (Fsp3) is 0.105. The van der Waals surface area contributed by atoms with Crippen molar-refractivity contribution in [2.75, 3.05) is 11.9 Å². The van der Waals surface area contributed by atoms with E-state index in [1.165, 1.54) is 12.1 Å². The van der Waals surface area contributed by atoms with Gasteiger partial charge in [0.05, 0.1) is 4.91 Å². The molecule has 0 aromatic heterocycles. The highest BCUT2D eigenvalue weighted by molar-refractivity contribution is 8.18. The minimum Gasteiger partial charge on any atom is -0.508 e. The summed E-state index contributed by atoms with van der Waals surface area (Å²) in [5.41, 5.74) is 2.28. The minimum atomic E-state index is -0.507. The van der Waals surface area contributed by atoms with Crippen molar-refractivity contribution in [2.45, 2.75) is 6.92 Å². The number of nitrogens with one attached hydrogen (secondary N) is 1. The molecule has 1 saturated heterocycles. The van der Waals surface area contributed by atoms with Crippen LogP contribution in [-0.4, -0.2) is 33.6 Å². The Kier molecular flexibility index (Phi) is 5.09. The van der Waals surface area contributed by atoms with Crippen LogP contribution in [0, 0.1) is 6.92 Å². The van der Waals surface area contributed by atoms with Gasteiger partial charge in [-0.15, -0.1) is 0 Å². The lowest BCUT2D eigenvalue weighted by Gasteiger charge is -2.12. The third kappa shape index (κ3) is 4.12. The van der Waals surface area contributed by atoms with Crippen molar-refractivity contribution in [2.24, 2.45) is 0 Å². The first kappa shape index (κ1) is 17.8. The molecule has 2 N–H and O–H groups in total. The number of benzene rings is 2. The molecule has 2 aromatic rings. The summed E-state index contributed by atoms with van der Waals surface area (Å²) in [6.07, 6.45) is 1.56. The van der Waals surface area contributed by atoms with Crippen molar-refractivity contribution in [3.63, 3.8) is 0 Å². The lowest BCUT2D eigenvalue weighted by molar-refractivity contribution is -0.127. The van der Waals surface area contributed by atoms with Crippen LogP contribution in [0.5, 0.6) is 5.75 Å². The van der Waals surface area contributed by atoms with E-state index in [1.807, 2.05) is 19.1 Å². The molecule has 6 nitrogen and oxygen atoms in total. The maximum atomic E-state index is 12.4. The molecule has 1 fully saturated rings. The van der Waals surface area contributed by atoms with E-state index in [1.54, 1.807) is 30.3 Å². The van der Waals surface area contributed by atoms with Gasteiger partial charge in [-0.25, -0.2) is 0 Å². The monoisotopic (exact) mass is 368 g/mol. The average molecular weight is 368 g/mol. The molecule has 7 heteroatoms. The highest BCUT2D eigenvalue weighted by Gasteiger charge is 2.36. The molecule has 0 atom stereocenters. The molecule has 0 bridgehead atoms. The van der Waals surface area contributed by atoms with Gasteiger partial charge in [-0.1, -0.05) is 24.3 Å². The molecule has 0 radical (unpaired) electrons. The second kappa shape index (κ2) is 7.45. The highest BCUT2D eigenvalue weighted by Crippen LogP contribution is 2.32. The highest BCUT2D eigenvalue weighted by atomic mass is 32.2. The topological polar surface area (TPSA) is 86.7 Å². The van der Waals surface area contributed by atoms with E-state index >= 15 is 0 Å². The molecular weight excluding hydrogens is 352 g/mol. The predicted octanol–water partition coefficient (Wildman–Crippen LogP) is 3.38. The summed E-state index contributed by atoms with van der Waals surface area (Å²) in [6.45, 7) is 1.56. The van der Waals surface area contributed by atoms with E-state index in [4.69, 9.17) is 0 Å². The molecule has 1 aliphatic rings. The van der Waals surface area contributed by atoms with E-state index in [-0.39, 0.29) is 17.2 Å². The van der Waals surface area contributed by atoms with Gasteiger partial charge in [-0.05, 0) is 60.2 Å². The molecular formula is C19H16N2O4S. The second-order valence-electron chi connectivity index (χ2n) is 5.78. The third-order valence-corrected chi connectivity index (χ3v) is 4.58. The van der Waals surface area contributed by atoms with Crippen molar-refractivity contribution >= 4 is 40.6 Å². The molecule has 0 spiro atoms. The van der Waals surface area contributed by atoms with Crippen molar-refractivity contribution in [1.82, 2.24) is 4.90 Å². The number of rotatable bonds is 4. The number of amides is 3. The van der Waals surface area contributed by atoms with Gasteiger partial charge in [0, 0.05) is 5.69 Å². The summed E-state index contributed by atoms with van der Waals surface area (Å²) < 4.78 is 0. The number of anilines is 1. The van der Waals surface area contributed by atoms with Crippen LogP contribution in [0.1, 0.15) is 11.1 Å². The molecule has 0 saturated carbocycles. The number of hydrogen-bond acceptors (Lipinski definition) is 5. The summed E-state index contributed by atoms with van der Waals surface area (Å²) in [4.78, 5) is 37.8. The maximum absolute atomic E-state index is 12.4. The summed E-state index contributed by atoms with van der Waals surface area (Å²) in [5, 5.41) is 11.5. The Bertz CT molecular complexity index is 906. The zero-order valence-electron chi connectivity index (χ0n) is 13.9. The van der Waals surface area contributed by atoms with Crippen LogP contribution in [0.3, 0.4) is 0 Å². The largest absolute Gasteiger partial charge is 0.508 e. The zero-order chi connectivity index (χ0) is 18.7. The second-order valence-corrected chi connectivity index (χ2v) is 6.77. The lowest BCUT2D eigenvalue weighted by Crippen LogP contribution is -2.36. The SMILES string of the molecule is Cc1cccc(NC(=O)CN2C(=O)S/C(=C/c3ccc(O)cc3)C2=O)c1. The number of aromatic hydroxyl groups is 1. The first-order valence-electron chi connectivity index (χ1n) is 7.83. The van der Waals surface area contributed by atoms with Crippen molar-refractivity contribution in [3.05, 3.63) is 64.6 Å². The number of aryl methyl sites for hydroxylation is 1. The predicted molar refractivity (Wildman–Crippen MR) is 101 cm³/mol. The van der Waals surface area contributed by atoms with Gasteiger partial charge in [0.15, 0.2) is 0 Å². The van der Waals surface area contributed by atoms with Crippen molar-refractivity contribution in [1.29, 1.82) is 0 Å². The van der Waals surface area contributed by atoms with Crippen LogP contribution in [0.2, 0.25) is 0 Å². The van der Waals surface area contributed by atoms with Gasteiger partial charge in [-0.3, -0.25) is 19.3 Å². The number of nitrogens with zero attached hydrogens (tertiary/aromatic N) is 1. The standard InChI is InChI=1S/C19H16N2O4S/c1-12-3-2-4-14(9-12)20-17(23)11-21-18(24)16(26-19(21)25)10-13-5-7-15(22)8-6-13/h2-10,22H,11H2,1H3,(H,20,23)/b16-10+. The fourth-order valence-corrected chi connectivity index (χ4v) is 3.26. The Morgan fingerprint density at radius 2 is 1.92 bits per heavy atom. The fourth-order valence-electron chi connectivity index (χ4n) is 2.43. The molecule has 1 aliphatic heterocycles. The van der Waals surface area contributed by atoms with Crippen molar-refractivity contribution in [3.8, 4) is 5.75 Å². The van der Waals surface area contributed by atoms with Crippen LogP contribution in [0.15, 0.2) is 53.4 Å². The summed E-state index contributed by atoms with van der Waals surface area (Å²) >= 11 is 0.788. The minimum absolute atomic E-state index is 0.114. The maximum Gasteiger partial charge on any atom is 0.294 e. The van der Waals surface area contributed by atoms with Gasteiger partial charge in [-0.2, -0.15) is 0 Å². The van der Waals surface area contributed by atoms with Gasteiger partial charge in [0.1, 0.15) is 12.3 Å². The number of phenols is 1. The number of imide groups is 1. The molecule has 2 aromatic carbocycles. The van der Waals surface area contributed by atoms with Gasteiger partial charge >= 0.3 is 0 Å². The number of thioether (sulfide) groups is 1. The van der Waals surface area contributed by atoms with Crippen LogP contribution >= 0.6 is 11.8 Å². The number of carbonyl (C=O) groups is 3. The molecule has 3 rings (SSSR count). The molecule has 3 amide bonds. The smallest absolute Gasteiger partial charge is 0.294 e. The number of hydrogen-bond donors (Lipinski definition) is 2. The Morgan fingerprint density at radius 3 is 2.62 bits per heavy atom. The Morgan fingerprint density at radius 1 is 1.19 bits per heavy atom. The van der Waals surface area contributed by atoms with Gasteiger partial charge in [0.25, 0.3) is 11.1 Å². The zero-order valence-corrected chi connectivity index (χ0v) is 14.7. The molecule has 0 unspecified atom stereocenters. The van der Waals surface area contributed by atoms with Crippen LogP contribution in [0.25, 0.3) is 6.08 Å². The first-order chi connectivity index (χ1) is 12.4. The molecule has 0 aliphatic carbocycles. The lowest BCUT2D eigenvalue weighted by atomic mass is 10.2. The number of carbonyl (C=O) groups excluding carboxylic acids is 3. The third-order valence-electron chi connectivity index (χ3n) is 3.67. The van der Waals surface area contributed by atoms with Crippen LogP contribution in [0.4, 0.5) is 10.5 Å². The van der Waals surface area contributed by atoms with E-state index in [0.717, 1.165) is 22.2 Å². The Hall–Kier alpha value is -3.06. The number of phenolic OH excluding ortho intramolecular Hbond substituents is 1. The van der Waals surface area contributed by atoms with E-state index < -0.39 is 17.1 Å². The van der Waals surface area contributed by atoms with Crippen LogP contribution in [-0.2, 0) is 9.59 Å². The van der Waals surface area contributed by atoms with Crippen molar-refractivity contribution < 1.29 is 19.5 Å². The molecule has 26 heavy (non-hydrogen) atoms. The summed E-state index contributed by atoms with van der Waals surface area (Å²) in [5.74, 6) is -0.834.